The summed E-state index contributed by atoms with van der Waals surface area (Å²) in [6, 6.07) is 8.05. The second kappa shape index (κ2) is 12.1. The van der Waals surface area contributed by atoms with Crippen LogP contribution >= 0.6 is 11.6 Å². The van der Waals surface area contributed by atoms with Crippen LogP contribution in [0.25, 0.3) is 16.6 Å². The minimum atomic E-state index is -4.77. The summed E-state index contributed by atoms with van der Waals surface area (Å²) < 4.78 is 54.1. The number of hydrogen-bond donors (Lipinski definition) is 2. The van der Waals surface area contributed by atoms with Gasteiger partial charge in [-0.3, -0.25) is 9.67 Å². The van der Waals surface area contributed by atoms with Crippen LogP contribution in [0.1, 0.15) is 18.4 Å². The van der Waals surface area contributed by atoms with Crippen molar-refractivity contribution >= 4 is 22.5 Å². The van der Waals surface area contributed by atoms with Gasteiger partial charge in [0.1, 0.15) is 30.8 Å². The van der Waals surface area contributed by atoms with E-state index in [-0.39, 0.29) is 5.02 Å². The molecule has 0 amide bonds. The van der Waals surface area contributed by atoms with Gasteiger partial charge in [0, 0.05) is 19.2 Å². The first-order valence-electron chi connectivity index (χ1n) is 11.2. The number of fused-ring (bicyclic) bond motifs is 1. The van der Waals surface area contributed by atoms with Crippen molar-refractivity contribution in [3.8, 4) is 17.2 Å². The van der Waals surface area contributed by atoms with Gasteiger partial charge < -0.3 is 19.5 Å². The molecule has 0 radical (unpaired) electrons. The number of ether oxygens (including phenoxy) is 3. The predicted molar refractivity (Wildman–Crippen MR) is 126 cm³/mol. The fraction of sp³-hybridized carbons (Fsp3) is 0.348. The normalized spacial score (nSPS) is 11.8. The summed E-state index contributed by atoms with van der Waals surface area (Å²) in [6.45, 7) is 2.62. The molecule has 2 aromatic carbocycles. The molecule has 2 aromatic heterocycles. The van der Waals surface area contributed by atoms with E-state index in [1.165, 1.54) is 12.1 Å². The molecule has 2 heterocycles. The third-order valence-electron chi connectivity index (χ3n) is 5.15. The fourth-order valence-electron chi connectivity index (χ4n) is 3.47. The molecule has 0 fully saturated rings. The molecular weight excluding hydrogens is 501 g/mol. The summed E-state index contributed by atoms with van der Waals surface area (Å²) in [6.07, 6.45) is 1.89. The molecule has 9 nitrogen and oxygen atoms in total. The van der Waals surface area contributed by atoms with Crippen molar-refractivity contribution in [1.82, 2.24) is 30.3 Å². The van der Waals surface area contributed by atoms with E-state index in [2.05, 4.69) is 30.4 Å². The largest absolute Gasteiger partial charge is 0.573 e. The Balaban J connectivity index is 1.10. The SMILES string of the molecule is FC(F)(F)Oc1ccc(CNCCCCOCCOc2cc(-n3cnnc3)cc3[nH]ncc23)cc1Cl. The molecule has 192 valence electrons. The average molecular weight is 525 g/mol. The van der Waals surface area contributed by atoms with E-state index < -0.39 is 12.1 Å². The molecule has 36 heavy (non-hydrogen) atoms. The zero-order valence-corrected chi connectivity index (χ0v) is 19.8. The number of aromatic nitrogens is 5. The Morgan fingerprint density at radius 3 is 2.61 bits per heavy atom. The molecule has 0 spiro atoms. The Morgan fingerprint density at radius 1 is 1.00 bits per heavy atom. The van der Waals surface area contributed by atoms with Crippen molar-refractivity contribution in [3.05, 3.63) is 59.8 Å². The van der Waals surface area contributed by atoms with Gasteiger partial charge in [0.2, 0.25) is 0 Å². The molecule has 0 atom stereocenters. The number of nitrogens with zero attached hydrogens (tertiary/aromatic N) is 4. The van der Waals surface area contributed by atoms with E-state index in [1.54, 1.807) is 29.5 Å². The highest BCUT2D eigenvalue weighted by Crippen LogP contribution is 2.31. The van der Waals surface area contributed by atoms with Gasteiger partial charge >= 0.3 is 6.36 Å². The van der Waals surface area contributed by atoms with Gasteiger partial charge in [-0.1, -0.05) is 17.7 Å². The topological polar surface area (TPSA) is 99.1 Å². The zero-order chi connectivity index (χ0) is 25.4. The van der Waals surface area contributed by atoms with Crippen LogP contribution in [-0.4, -0.2) is 57.7 Å². The number of unbranched alkanes of at least 4 members (excludes halogenated alkanes) is 1. The van der Waals surface area contributed by atoms with E-state index in [9.17, 15) is 13.2 Å². The smallest absolute Gasteiger partial charge is 0.490 e. The highest BCUT2D eigenvalue weighted by Gasteiger charge is 2.32. The van der Waals surface area contributed by atoms with Crippen LogP contribution in [0.5, 0.6) is 11.5 Å². The highest BCUT2D eigenvalue weighted by atomic mass is 35.5. The van der Waals surface area contributed by atoms with Gasteiger partial charge in [-0.2, -0.15) is 5.10 Å². The van der Waals surface area contributed by atoms with E-state index in [0.717, 1.165) is 41.5 Å². The van der Waals surface area contributed by atoms with E-state index in [1.807, 2.05) is 12.1 Å². The van der Waals surface area contributed by atoms with Crippen molar-refractivity contribution in [3.63, 3.8) is 0 Å². The number of nitrogens with one attached hydrogen (secondary N) is 2. The summed E-state index contributed by atoms with van der Waals surface area (Å²) in [5, 5.41) is 18.7. The maximum atomic E-state index is 12.3. The van der Waals surface area contributed by atoms with Crippen LogP contribution in [-0.2, 0) is 11.3 Å². The summed E-state index contributed by atoms with van der Waals surface area (Å²) in [5.41, 5.74) is 2.47. The molecule has 2 N–H and O–H groups in total. The molecule has 0 aliphatic rings. The number of benzene rings is 2. The van der Waals surface area contributed by atoms with Crippen molar-refractivity contribution in [2.24, 2.45) is 0 Å². The molecule has 0 aliphatic carbocycles. The van der Waals surface area contributed by atoms with Gasteiger partial charge in [0.25, 0.3) is 0 Å². The second-order valence-electron chi connectivity index (χ2n) is 7.80. The van der Waals surface area contributed by atoms with E-state index >= 15 is 0 Å². The first kappa shape index (κ1) is 25.7. The number of halogens is 4. The number of H-pyrrole nitrogens is 1. The van der Waals surface area contributed by atoms with Gasteiger partial charge in [0.05, 0.1) is 34.4 Å². The molecule has 0 bridgehead atoms. The molecule has 0 saturated carbocycles. The van der Waals surface area contributed by atoms with Crippen molar-refractivity contribution < 1.29 is 27.4 Å². The van der Waals surface area contributed by atoms with Crippen molar-refractivity contribution in [2.45, 2.75) is 25.7 Å². The molecular formula is C23H24ClF3N6O3. The maximum absolute atomic E-state index is 12.3. The Hall–Kier alpha value is -3.35. The van der Waals surface area contributed by atoms with Crippen LogP contribution in [0.15, 0.2) is 49.2 Å². The van der Waals surface area contributed by atoms with E-state index in [4.69, 9.17) is 21.1 Å². The van der Waals surface area contributed by atoms with E-state index in [0.29, 0.717) is 32.1 Å². The van der Waals surface area contributed by atoms with Crippen molar-refractivity contribution in [2.75, 3.05) is 26.4 Å². The average Bonchev–Trinajstić information content (AvgIpc) is 3.53. The lowest BCUT2D eigenvalue weighted by atomic mass is 10.2. The Labute approximate surface area is 209 Å². The van der Waals surface area contributed by atoms with Gasteiger partial charge in [-0.05, 0) is 43.1 Å². The molecule has 0 saturated heterocycles. The van der Waals surface area contributed by atoms with Crippen LogP contribution in [0.2, 0.25) is 5.02 Å². The zero-order valence-electron chi connectivity index (χ0n) is 19.1. The first-order valence-corrected chi connectivity index (χ1v) is 11.5. The van der Waals surface area contributed by atoms with Gasteiger partial charge in [0.15, 0.2) is 0 Å². The maximum Gasteiger partial charge on any atom is 0.573 e. The Bertz CT molecular complexity index is 1250. The summed E-state index contributed by atoms with van der Waals surface area (Å²) in [7, 11) is 0. The number of hydrogen-bond acceptors (Lipinski definition) is 7. The van der Waals surface area contributed by atoms with Crippen LogP contribution < -0.4 is 14.8 Å². The van der Waals surface area contributed by atoms with Gasteiger partial charge in [-0.25, -0.2) is 0 Å². The summed E-state index contributed by atoms with van der Waals surface area (Å²) in [5.74, 6) is 0.280. The standard InChI is InChI=1S/C23H24ClF3N6O3/c24-19-9-16(3-4-21(19)36-23(25,26)27)12-28-5-1-2-6-34-7-8-35-22-11-17(33-14-30-31-15-33)10-20-18(22)13-29-32-20/h3-4,9-11,13-15,28H,1-2,5-8,12H2,(H,29,32). The summed E-state index contributed by atoms with van der Waals surface area (Å²) in [4.78, 5) is 0. The Kier molecular flexibility index (Phi) is 8.62. The Morgan fingerprint density at radius 2 is 1.83 bits per heavy atom. The summed E-state index contributed by atoms with van der Waals surface area (Å²) >= 11 is 5.86. The van der Waals surface area contributed by atoms with Crippen LogP contribution in [0, 0.1) is 0 Å². The minimum Gasteiger partial charge on any atom is -0.490 e. The lowest BCUT2D eigenvalue weighted by Crippen LogP contribution is -2.18. The lowest BCUT2D eigenvalue weighted by Gasteiger charge is -2.12. The third-order valence-corrected chi connectivity index (χ3v) is 5.45. The van der Waals surface area contributed by atoms with Crippen LogP contribution in [0.3, 0.4) is 0 Å². The van der Waals surface area contributed by atoms with Crippen molar-refractivity contribution in [1.29, 1.82) is 0 Å². The molecule has 13 heteroatoms. The molecule has 4 rings (SSSR count). The minimum absolute atomic E-state index is 0.0822. The third kappa shape index (κ3) is 7.33. The quantitative estimate of drug-likeness (QED) is 0.245. The highest BCUT2D eigenvalue weighted by molar-refractivity contribution is 6.32. The number of aromatic amines is 1. The number of rotatable bonds is 13. The second-order valence-corrected chi connectivity index (χ2v) is 8.21. The fourth-order valence-corrected chi connectivity index (χ4v) is 3.71. The molecule has 4 aromatic rings. The predicted octanol–water partition coefficient (Wildman–Crippen LogP) is 4.66. The molecule has 0 aliphatic heterocycles. The first-order chi connectivity index (χ1) is 17.4. The monoisotopic (exact) mass is 524 g/mol. The lowest BCUT2D eigenvalue weighted by molar-refractivity contribution is -0.274. The van der Waals surface area contributed by atoms with Crippen LogP contribution in [0.4, 0.5) is 13.2 Å². The van der Waals surface area contributed by atoms with Gasteiger partial charge in [-0.15, -0.1) is 23.4 Å². The number of alkyl halides is 3. The molecule has 0 unspecified atom stereocenters.